The second kappa shape index (κ2) is 6.58. The van der Waals surface area contributed by atoms with Crippen LogP contribution in [0.5, 0.6) is 0 Å². The highest BCUT2D eigenvalue weighted by Crippen LogP contribution is 2.36. The van der Waals surface area contributed by atoms with Gasteiger partial charge in [0.1, 0.15) is 0 Å². The Hall–Kier alpha value is -0.0800. The van der Waals surface area contributed by atoms with Crippen LogP contribution in [0.2, 0.25) is 0 Å². The van der Waals surface area contributed by atoms with Crippen molar-refractivity contribution in [2.24, 2.45) is 11.8 Å². The van der Waals surface area contributed by atoms with Gasteiger partial charge in [0.2, 0.25) is 0 Å². The highest BCUT2D eigenvalue weighted by molar-refractivity contribution is 4.94. The van der Waals surface area contributed by atoms with E-state index in [2.05, 4.69) is 25.7 Å². The van der Waals surface area contributed by atoms with E-state index in [-0.39, 0.29) is 11.6 Å². The first-order valence-corrected chi connectivity index (χ1v) is 8.45. The van der Waals surface area contributed by atoms with Gasteiger partial charge >= 0.3 is 0 Å². The zero-order valence-corrected chi connectivity index (χ0v) is 13.2. The summed E-state index contributed by atoms with van der Waals surface area (Å²) in [6, 6.07) is 0. The molecule has 2 rings (SSSR count). The Morgan fingerprint density at radius 3 is 2.00 bits per heavy atom. The van der Waals surface area contributed by atoms with Crippen LogP contribution in [-0.4, -0.2) is 34.7 Å². The zero-order valence-electron chi connectivity index (χ0n) is 13.2. The van der Waals surface area contributed by atoms with Crippen molar-refractivity contribution in [1.82, 2.24) is 4.90 Å². The maximum atomic E-state index is 10.9. The van der Waals surface area contributed by atoms with Gasteiger partial charge in [-0.05, 0) is 64.5 Å². The Kier molecular flexibility index (Phi) is 5.30. The first-order valence-electron chi connectivity index (χ1n) is 8.45. The van der Waals surface area contributed by atoms with Crippen LogP contribution in [0.4, 0.5) is 0 Å². The lowest BCUT2D eigenvalue weighted by Gasteiger charge is -2.45. The summed E-state index contributed by atoms with van der Waals surface area (Å²) in [5.74, 6) is 1.39. The van der Waals surface area contributed by atoms with Gasteiger partial charge in [-0.25, -0.2) is 0 Å². The Balaban J connectivity index is 1.96. The molecule has 1 aliphatic heterocycles. The molecule has 19 heavy (non-hydrogen) atoms. The molecule has 2 nitrogen and oxygen atoms in total. The van der Waals surface area contributed by atoms with E-state index in [0.29, 0.717) is 5.92 Å². The number of nitrogens with zero attached hydrogens (tertiary/aromatic N) is 1. The third-order valence-electron chi connectivity index (χ3n) is 5.65. The lowest BCUT2D eigenvalue weighted by molar-refractivity contribution is -0.0521. The third-order valence-corrected chi connectivity index (χ3v) is 5.65. The van der Waals surface area contributed by atoms with Crippen molar-refractivity contribution in [3.63, 3.8) is 0 Å². The predicted octanol–water partition coefficient (Wildman–Crippen LogP) is 3.83. The van der Waals surface area contributed by atoms with Crippen LogP contribution in [0, 0.1) is 11.8 Å². The van der Waals surface area contributed by atoms with Gasteiger partial charge in [-0.1, -0.05) is 32.6 Å². The summed E-state index contributed by atoms with van der Waals surface area (Å²) in [5.41, 5.74) is -0.0460. The summed E-state index contributed by atoms with van der Waals surface area (Å²) in [5, 5.41) is 10.9. The van der Waals surface area contributed by atoms with Gasteiger partial charge < -0.3 is 5.11 Å². The SMILES string of the molecule is CC1CCC(C(O)C(C)(C)N2CCCCCC2)CC1. The molecule has 1 atom stereocenters. The van der Waals surface area contributed by atoms with Gasteiger partial charge in [-0.2, -0.15) is 0 Å². The summed E-state index contributed by atoms with van der Waals surface area (Å²) in [6.07, 6.45) is 10.2. The van der Waals surface area contributed by atoms with E-state index in [1.807, 2.05) is 0 Å². The van der Waals surface area contributed by atoms with Crippen molar-refractivity contribution in [2.45, 2.75) is 83.8 Å². The van der Waals surface area contributed by atoms with Crippen LogP contribution in [-0.2, 0) is 0 Å². The van der Waals surface area contributed by atoms with Crippen LogP contribution in [0.1, 0.15) is 72.1 Å². The molecule has 1 saturated heterocycles. The third kappa shape index (κ3) is 3.72. The van der Waals surface area contributed by atoms with Crippen molar-refractivity contribution in [1.29, 1.82) is 0 Å². The van der Waals surface area contributed by atoms with Crippen molar-refractivity contribution in [3.05, 3.63) is 0 Å². The van der Waals surface area contributed by atoms with Gasteiger partial charge in [0.25, 0.3) is 0 Å². The summed E-state index contributed by atoms with van der Waals surface area (Å²) < 4.78 is 0. The molecular weight excluding hydrogens is 234 g/mol. The lowest BCUT2D eigenvalue weighted by Crippen LogP contribution is -2.55. The van der Waals surface area contributed by atoms with Gasteiger partial charge in [0, 0.05) is 5.54 Å². The number of hydrogen-bond acceptors (Lipinski definition) is 2. The minimum atomic E-state index is -0.155. The summed E-state index contributed by atoms with van der Waals surface area (Å²) in [4.78, 5) is 2.56. The molecule has 2 heteroatoms. The summed E-state index contributed by atoms with van der Waals surface area (Å²) in [7, 11) is 0. The van der Waals surface area contributed by atoms with E-state index >= 15 is 0 Å². The monoisotopic (exact) mass is 267 g/mol. The highest BCUT2D eigenvalue weighted by Gasteiger charge is 2.39. The molecule has 1 aliphatic carbocycles. The fraction of sp³-hybridized carbons (Fsp3) is 1.00. The van der Waals surface area contributed by atoms with Crippen molar-refractivity contribution < 1.29 is 5.11 Å². The number of aliphatic hydroxyl groups is 1. The lowest BCUT2D eigenvalue weighted by atomic mass is 9.74. The molecule has 0 bridgehead atoms. The van der Waals surface area contributed by atoms with Crippen LogP contribution in [0.15, 0.2) is 0 Å². The van der Waals surface area contributed by atoms with Crippen LogP contribution in [0.3, 0.4) is 0 Å². The van der Waals surface area contributed by atoms with Crippen LogP contribution >= 0.6 is 0 Å². The van der Waals surface area contributed by atoms with Crippen LogP contribution < -0.4 is 0 Å². The normalized spacial score (nSPS) is 32.8. The highest BCUT2D eigenvalue weighted by atomic mass is 16.3. The molecule has 1 heterocycles. The van der Waals surface area contributed by atoms with Gasteiger partial charge in [0.15, 0.2) is 0 Å². The van der Waals surface area contributed by atoms with Gasteiger partial charge in [0.05, 0.1) is 6.10 Å². The molecular formula is C17H33NO. The molecule has 1 unspecified atom stereocenters. The molecule has 0 radical (unpaired) electrons. The van der Waals surface area contributed by atoms with Crippen molar-refractivity contribution >= 4 is 0 Å². The first-order chi connectivity index (χ1) is 9.01. The number of hydrogen-bond donors (Lipinski definition) is 1. The van der Waals surface area contributed by atoms with Crippen molar-refractivity contribution in [3.8, 4) is 0 Å². The topological polar surface area (TPSA) is 23.5 Å². The van der Waals surface area contributed by atoms with Crippen LogP contribution in [0.25, 0.3) is 0 Å². The smallest absolute Gasteiger partial charge is 0.0746 e. The quantitative estimate of drug-likeness (QED) is 0.840. The summed E-state index contributed by atoms with van der Waals surface area (Å²) >= 11 is 0. The maximum absolute atomic E-state index is 10.9. The van der Waals surface area contributed by atoms with E-state index in [0.717, 1.165) is 5.92 Å². The molecule has 2 aliphatic rings. The van der Waals surface area contributed by atoms with Gasteiger partial charge in [-0.3, -0.25) is 4.90 Å². The zero-order chi connectivity index (χ0) is 13.9. The molecule has 2 fully saturated rings. The Labute approximate surface area is 119 Å². The summed E-state index contributed by atoms with van der Waals surface area (Å²) in [6.45, 7) is 9.23. The van der Waals surface area contributed by atoms with E-state index in [1.165, 1.54) is 64.5 Å². The second-order valence-corrected chi connectivity index (χ2v) is 7.52. The molecule has 0 aromatic rings. The molecule has 0 amide bonds. The number of aliphatic hydroxyl groups excluding tert-OH is 1. The van der Waals surface area contributed by atoms with Gasteiger partial charge in [-0.15, -0.1) is 0 Å². The Morgan fingerprint density at radius 1 is 0.947 bits per heavy atom. The predicted molar refractivity (Wildman–Crippen MR) is 81.2 cm³/mol. The Bertz CT molecular complexity index is 260. The molecule has 1 N–H and O–H groups in total. The minimum absolute atomic E-state index is 0.0460. The average Bonchev–Trinajstić information content (AvgIpc) is 2.68. The molecule has 0 aromatic heterocycles. The van der Waals surface area contributed by atoms with E-state index in [9.17, 15) is 5.11 Å². The van der Waals surface area contributed by atoms with E-state index in [4.69, 9.17) is 0 Å². The fourth-order valence-electron chi connectivity index (χ4n) is 4.01. The largest absolute Gasteiger partial charge is 0.391 e. The molecule has 1 saturated carbocycles. The van der Waals surface area contributed by atoms with Crippen molar-refractivity contribution in [2.75, 3.05) is 13.1 Å². The molecule has 0 aromatic carbocycles. The number of rotatable bonds is 3. The second-order valence-electron chi connectivity index (χ2n) is 7.52. The number of likely N-dealkylation sites (tertiary alicyclic amines) is 1. The van der Waals surface area contributed by atoms with E-state index < -0.39 is 0 Å². The first kappa shape index (κ1) is 15.3. The molecule has 0 spiro atoms. The standard InChI is InChI=1S/C17H33NO/c1-14-8-10-15(11-9-14)16(19)17(2,3)18-12-6-4-5-7-13-18/h14-16,19H,4-13H2,1-3H3. The van der Waals surface area contributed by atoms with E-state index in [1.54, 1.807) is 0 Å². The Morgan fingerprint density at radius 2 is 1.47 bits per heavy atom. The maximum Gasteiger partial charge on any atom is 0.0746 e. The fourth-order valence-corrected chi connectivity index (χ4v) is 4.01. The average molecular weight is 267 g/mol. The minimum Gasteiger partial charge on any atom is -0.391 e. The molecule has 112 valence electrons.